The Bertz CT molecular complexity index is 923. The third-order valence-corrected chi connectivity index (χ3v) is 9.19. The molecular weight excluding hydrogens is 387 g/mol. The summed E-state index contributed by atoms with van der Waals surface area (Å²) in [5.74, 6) is -0.783. The molecule has 0 bridgehead atoms. The first-order valence-electron chi connectivity index (χ1n) is 11.1. The van der Waals surface area contributed by atoms with E-state index in [-0.39, 0.29) is 48.3 Å². The molecular formula is C24H29FO5. The summed E-state index contributed by atoms with van der Waals surface area (Å²) in [5.41, 5.74) is -2.47. The van der Waals surface area contributed by atoms with Crippen molar-refractivity contribution in [2.45, 2.75) is 83.3 Å². The number of ether oxygens (including phenoxy) is 2. The molecule has 3 saturated carbocycles. The van der Waals surface area contributed by atoms with Crippen LogP contribution < -0.4 is 0 Å². The average molecular weight is 416 g/mol. The second-order valence-electron chi connectivity index (χ2n) is 10.2. The third-order valence-electron chi connectivity index (χ3n) is 9.19. The van der Waals surface area contributed by atoms with Crippen molar-refractivity contribution < 1.29 is 28.2 Å². The Morgan fingerprint density at radius 3 is 2.70 bits per heavy atom. The Balaban J connectivity index is 1.59. The molecule has 0 aromatic heterocycles. The molecule has 6 heteroatoms. The summed E-state index contributed by atoms with van der Waals surface area (Å²) < 4.78 is 27.7. The van der Waals surface area contributed by atoms with Gasteiger partial charge in [-0.3, -0.25) is 14.4 Å². The summed E-state index contributed by atoms with van der Waals surface area (Å²) >= 11 is 0. The van der Waals surface area contributed by atoms with Crippen molar-refractivity contribution in [2.75, 3.05) is 0 Å². The topological polar surface area (TPSA) is 73.0 Å². The smallest absolute Gasteiger partial charge is 0.306 e. The number of halogens is 1. The molecule has 162 valence electrons. The number of ketones is 2. The lowest BCUT2D eigenvalue weighted by Crippen LogP contribution is -2.63. The molecule has 5 aliphatic rings. The maximum atomic E-state index is 15.4. The van der Waals surface area contributed by atoms with Crippen LogP contribution in [0.4, 0.5) is 4.39 Å². The van der Waals surface area contributed by atoms with Crippen LogP contribution >= 0.6 is 0 Å². The van der Waals surface area contributed by atoms with E-state index >= 15 is 4.39 Å². The molecule has 5 nitrogen and oxygen atoms in total. The van der Waals surface area contributed by atoms with Crippen LogP contribution in [0.15, 0.2) is 23.8 Å². The van der Waals surface area contributed by atoms with Gasteiger partial charge in [-0.2, -0.15) is 0 Å². The van der Waals surface area contributed by atoms with Gasteiger partial charge < -0.3 is 9.47 Å². The lowest BCUT2D eigenvalue weighted by molar-refractivity contribution is -0.185. The van der Waals surface area contributed by atoms with E-state index in [1.807, 2.05) is 19.9 Å². The Morgan fingerprint density at radius 1 is 1.30 bits per heavy atom. The highest BCUT2D eigenvalue weighted by atomic mass is 19.1. The van der Waals surface area contributed by atoms with Gasteiger partial charge in [0.05, 0.1) is 6.10 Å². The van der Waals surface area contributed by atoms with E-state index in [4.69, 9.17) is 9.47 Å². The van der Waals surface area contributed by atoms with Crippen LogP contribution in [0.25, 0.3) is 0 Å². The van der Waals surface area contributed by atoms with Crippen LogP contribution in [0, 0.1) is 22.7 Å². The summed E-state index contributed by atoms with van der Waals surface area (Å²) in [6.45, 7) is 7.24. The highest BCUT2D eigenvalue weighted by Crippen LogP contribution is 2.76. The fourth-order valence-electron chi connectivity index (χ4n) is 7.71. The molecule has 1 saturated heterocycles. The Morgan fingerprint density at radius 2 is 2.03 bits per heavy atom. The van der Waals surface area contributed by atoms with Gasteiger partial charge in [0.25, 0.3) is 0 Å². The van der Waals surface area contributed by atoms with Crippen LogP contribution in [0.2, 0.25) is 0 Å². The minimum Gasteiger partial charge on any atom is -0.450 e. The Labute approximate surface area is 176 Å². The fraction of sp³-hybridized carbons (Fsp3) is 0.708. The molecule has 0 aromatic carbocycles. The summed E-state index contributed by atoms with van der Waals surface area (Å²) in [6.07, 6.45) is 5.66. The highest BCUT2D eigenvalue weighted by Gasteiger charge is 2.82. The molecule has 30 heavy (non-hydrogen) atoms. The van der Waals surface area contributed by atoms with Gasteiger partial charge in [-0.05, 0) is 69.1 Å². The molecule has 0 amide bonds. The SMILES string of the molecule is CCC(=O)O[C@]1(C(C)=O)CC[C@H]2[C@@H]3CC(F)C4=CC(=O)C=C[C@]4(C)[C@]34OC4C[C@@]21C. The van der Waals surface area contributed by atoms with Gasteiger partial charge >= 0.3 is 5.97 Å². The van der Waals surface area contributed by atoms with Crippen molar-refractivity contribution in [1.29, 1.82) is 0 Å². The number of carbonyl (C=O) groups is 3. The summed E-state index contributed by atoms with van der Waals surface area (Å²) in [7, 11) is 0. The van der Waals surface area contributed by atoms with Crippen molar-refractivity contribution in [3.05, 3.63) is 23.8 Å². The summed E-state index contributed by atoms with van der Waals surface area (Å²) in [6, 6.07) is 0. The molecule has 1 spiro atoms. The van der Waals surface area contributed by atoms with E-state index in [9.17, 15) is 14.4 Å². The number of allylic oxidation sites excluding steroid dienone is 2. The Kier molecular flexibility index (Phi) is 3.96. The third kappa shape index (κ3) is 2.09. The van der Waals surface area contributed by atoms with E-state index < -0.39 is 28.2 Å². The van der Waals surface area contributed by atoms with Crippen LogP contribution in [0.3, 0.4) is 0 Å². The average Bonchev–Trinajstić information content (AvgIpc) is 3.34. The molecule has 5 rings (SSSR count). The molecule has 0 N–H and O–H groups in total. The van der Waals surface area contributed by atoms with E-state index in [0.717, 1.165) is 0 Å². The van der Waals surface area contributed by atoms with Gasteiger partial charge in [0.1, 0.15) is 11.8 Å². The van der Waals surface area contributed by atoms with Crippen LogP contribution in [-0.2, 0) is 23.9 Å². The lowest BCUT2D eigenvalue weighted by atomic mass is 9.46. The van der Waals surface area contributed by atoms with Crippen molar-refractivity contribution >= 4 is 17.5 Å². The number of fused-ring (bicyclic) bond motifs is 3. The summed E-state index contributed by atoms with van der Waals surface area (Å²) in [4.78, 5) is 37.1. The van der Waals surface area contributed by atoms with Gasteiger partial charge in [0.2, 0.25) is 0 Å². The van der Waals surface area contributed by atoms with E-state index in [0.29, 0.717) is 24.8 Å². The van der Waals surface area contributed by atoms with Crippen molar-refractivity contribution in [1.82, 2.24) is 0 Å². The van der Waals surface area contributed by atoms with Crippen LogP contribution in [0.5, 0.6) is 0 Å². The molecule has 0 radical (unpaired) electrons. The van der Waals surface area contributed by atoms with Gasteiger partial charge in [-0.15, -0.1) is 0 Å². The quantitative estimate of drug-likeness (QED) is 0.519. The predicted molar refractivity (Wildman–Crippen MR) is 106 cm³/mol. The first-order valence-corrected chi connectivity index (χ1v) is 11.1. The van der Waals surface area contributed by atoms with Crippen molar-refractivity contribution in [3.63, 3.8) is 0 Å². The normalized spacial score (nSPS) is 50.6. The van der Waals surface area contributed by atoms with Crippen LogP contribution in [0.1, 0.15) is 59.8 Å². The summed E-state index contributed by atoms with van der Waals surface area (Å²) in [5, 5.41) is 0. The Hall–Kier alpha value is -1.82. The highest BCUT2D eigenvalue weighted by molar-refractivity contribution is 6.01. The number of epoxide rings is 1. The maximum Gasteiger partial charge on any atom is 0.306 e. The standard InChI is InChI=1S/C24H29FO5/c1-5-20(28)30-23(13(2)26)9-7-15-16-11-18(25)17-10-14(27)6-8-21(17,3)24(16)19(29-24)12-22(15,23)4/h6,8,10,15-16,18-19H,5,7,9,11-12H2,1-4H3/t15-,16-,18?,19?,21-,22-,23-,24-/m0/s1. The number of rotatable bonds is 3. The first kappa shape index (κ1) is 20.1. The second kappa shape index (κ2) is 5.90. The van der Waals surface area contributed by atoms with Gasteiger partial charge in [-0.1, -0.05) is 19.9 Å². The van der Waals surface area contributed by atoms with E-state index in [2.05, 4.69) is 0 Å². The number of carbonyl (C=O) groups excluding carboxylic acids is 3. The minimum absolute atomic E-state index is 0.00691. The van der Waals surface area contributed by atoms with Gasteiger partial charge in [0, 0.05) is 17.3 Å². The zero-order chi connectivity index (χ0) is 21.7. The van der Waals surface area contributed by atoms with E-state index in [1.165, 1.54) is 19.1 Å². The number of hydrogen-bond acceptors (Lipinski definition) is 5. The molecule has 1 heterocycles. The number of alkyl halides is 1. The maximum absolute atomic E-state index is 15.4. The zero-order valence-corrected chi connectivity index (χ0v) is 18.0. The van der Waals surface area contributed by atoms with Gasteiger partial charge in [0.15, 0.2) is 17.2 Å². The van der Waals surface area contributed by atoms with Crippen molar-refractivity contribution in [3.8, 4) is 0 Å². The largest absolute Gasteiger partial charge is 0.450 e. The first-order chi connectivity index (χ1) is 14.1. The zero-order valence-electron chi connectivity index (χ0n) is 18.0. The molecule has 8 atom stereocenters. The molecule has 2 unspecified atom stereocenters. The van der Waals surface area contributed by atoms with Crippen LogP contribution in [-0.4, -0.2) is 41.0 Å². The number of hydrogen-bond donors (Lipinski definition) is 0. The lowest BCUT2D eigenvalue weighted by Gasteiger charge is -2.56. The van der Waals surface area contributed by atoms with Crippen molar-refractivity contribution in [2.24, 2.45) is 22.7 Å². The van der Waals surface area contributed by atoms with Gasteiger partial charge in [-0.25, -0.2) is 4.39 Å². The fourth-order valence-corrected chi connectivity index (χ4v) is 7.71. The molecule has 1 aliphatic heterocycles. The van der Waals surface area contributed by atoms with E-state index in [1.54, 1.807) is 6.92 Å². The number of Topliss-reactive ketones (excluding diaryl/α,β-unsaturated/α-hetero) is 1. The molecule has 4 aliphatic carbocycles. The number of esters is 1. The predicted octanol–water partition coefficient (Wildman–Crippen LogP) is 3.65. The monoisotopic (exact) mass is 416 g/mol. The second-order valence-corrected chi connectivity index (χ2v) is 10.2. The minimum atomic E-state index is -1.22. The molecule has 0 aromatic rings. The molecule has 4 fully saturated rings.